The zero-order valence-electron chi connectivity index (χ0n) is 7.84. The Balaban J connectivity index is 2.59. The standard InChI is InChI=1S/C10H13BrO2/c1-8-3-4-10(11)9(5-8)6-13-7-12-2/h3-5H,6-7H2,1-2H3. The van der Waals surface area contributed by atoms with Crippen LogP contribution in [0.25, 0.3) is 0 Å². The van der Waals surface area contributed by atoms with Gasteiger partial charge in [0.05, 0.1) is 6.61 Å². The van der Waals surface area contributed by atoms with Crippen LogP contribution in [0, 0.1) is 6.92 Å². The molecular formula is C10H13BrO2. The summed E-state index contributed by atoms with van der Waals surface area (Å²) in [5.74, 6) is 0. The van der Waals surface area contributed by atoms with Crippen molar-refractivity contribution < 1.29 is 9.47 Å². The predicted molar refractivity (Wildman–Crippen MR) is 55.5 cm³/mol. The van der Waals surface area contributed by atoms with Crippen molar-refractivity contribution in [3.8, 4) is 0 Å². The van der Waals surface area contributed by atoms with Gasteiger partial charge in [0.25, 0.3) is 0 Å². The monoisotopic (exact) mass is 244 g/mol. The first kappa shape index (κ1) is 10.7. The van der Waals surface area contributed by atoms with E-state index in [1.807, 2.05) is 6.07 Å². The van der Waals surface area contributed by atoms with Gasteiger partial charge in [-0.2, -0.15) is 0 Å². The maximum absolute atomic E-state index is 5.25. The van der Waals surface area contributed by atoms with Gasteiger partial charge in [-0.25, -0.2) is 0 Å². The molecule has 1 rings (SSSR count). The van der Waals surface area contributed by atoms with Gasteiger partial charge in [-0.3, -0.25) is 0 Å². The molecule has 2 nitrogen and oxygen atoms in total. The van der Waals surface area contributed by atoms with Crippen molar-refractivity contribution in [3.05, 3.63) is 33.8 Å². The summed E-state index contributed by atoms with van der Waals surface area (Å²) >= 11 is 3.46. The summed E-state index contributed by atoms with van der Waals surface area (Å²) in [6, 6.07) is 6.18. The van der Waals surface area contributed by atoms with Crippen LogP contribution in [-0.4, -0.2) is 13.9 Å². The molecule has 0 bridgehead atoms. The molecule has 0 aromatic heterocycles. The number of methoxy groups -OCH3 is 1. The molecule has 0 unspecified atom stereocenters. The average molecular weight is 245 g/mol. The van der Waals surface area contributed by atoms with Crippen molar-refractivity contribution in [2.75, 3.05) is 13.9 Å². The summed E-state index contributed by atoms with van der Waals surface area (Å²) in [6.45, 7) is 2.97. The maximum Gasteiger partial charge on any atom is 0.146 e. The minimum atomic E-state index is 0.334. The zero-order valence-corrected chi connectivity index (χ0v) is 9.43. The van der Waals surface area contributed by atoms with Crippen molar-refractivity contribution in [2.45, 2.75) is 13.5 Å². The molecule has 13 heavy (non-hydrogen) atoms. The smallest absolute Gasteiger partial charge is 0.146 e. The van der Waals surface area contributed by atoms with E-state index in [1.165, 1.54) is 5.56 Å². The molecule has 0 radical (unpaired) electrons. The Morgan fingerprint density at radius 2 is 2.15 bits per heavy atom. The van der Waals surface area contributed by atoms with E-state index in [0.717, 1.165) is 10.0 Å². The second-order valence-electron chi connectivity index (χ2n) is 2.85. The summed E-state index contributed by atoms with van der Waals surface area (Å²) in [6.07, 6.45) is 0. The van der Waals surface area contributed by atoms with E-state index in [-0.39, 0.29) is 0 Å². The Morgan fingerprint density at radius 1 is 1.38 bits per heavy atom. The number of benzene rings is 1. The van der Waals surface area contributed by atoms with Crippen LogP contribution in [0.15, 0.2) is 22.7 Å². The summed E-state index contributed by atoms with van der Waals surface area (Å²) < 4.78 is 11.1. The van der Waals surface area contributed by atoms with Crippen LogP contribution in [0.5, 0.6) is 0 Å². The van der Waals surface area contributed by atoms with Gasteiger partial charge in [0.2, 0.25) is 0 Å². The molecular weight excluding hydrogens is 232 g/mol. The van der Waals surface area contributed by atoms with Gasteiger partial charge in [-0.15, -0.1) is 0 Å². The summed E-state index contributed by atoms with van der Waals surface area (Å²) in [5, 5.41) is 0. The Bertz CT molecular complexity index is 274. The van der Waals surface area contributed by atoms with Crippen molar-refractivity contribution in [1.29, 1.82) is 0 Å². The van der Waals surface area contributed by atoms with Gasteiger partial charge in [0, 0.05) is 11.6 Å². The molecule has 0 atom stereocenters. The van der Waals surface area contributed by atoms with Crippen molar-refractivity contribution >= 4 is 15.9 Å². The zero-order chi connectivity index (χ0) is 9.68. The Kier molecular flexibility index (Phi) is 4.42. The number of hydrogen-bond acceptors (Lipinski definition) is 2. The fourth-order valence-corrected chi connectivity index (χ4v) is 1.41. The van der Waals surface area contributed by atoms with E-state index in [0.29, 0.717) is 13.4 Å². The number of aryl methyl sites for hydroxylation is 1. The summed E-state index contributed by atoms with van der Waals surface area (Å²) in [4.78, 5) is 0. The topological polar surface area (TPSA) is 18.5 Å². The number of halogens is 1. The quantitative estimate of drug-likeness (QED) is 0.599. The molecule has 0 amide bonds. The minimum absolute atomic E-state index is 0.334. The predicted octanol–water partition coefficient (Wildman–Crippen LogP) is 2.88. The lowest BCUT2D eigenvalue weighted by Gasteiger charge is -2.06. The SMILES string of the molecule is COCOCc1cc(C)ccc1Br. The Labute approximate surface area is 87.0 Å². The lowest BCUT2D eigenvalue weighted by Crippen LogP contribution is -1.97. The molecule has 1 aromatic carbocycles. The van der Waals surface area contributed by atoms with Gasteiger partial charge in [0.1, 0.15) is 6.79 Å². The molecule has 0 fully saturated rings. The first-order chi connectivity index (χ1) is 6.24. The molecule has 1 aromatic rings. The van der Waals surface area contributed by atoms with Crippen LogP contribution in [0.2, 0.25) is 0 Å². The molecule has 0 saturated carbocycles. The Hall–Kier alpha value is -0.380. The fourth-order valence-electron chi connectivity index (χ4n) is 1.05. The van der Waals surface area contributed by atoms with E-state index in [4.69, 9.17) is 9.47 Å². The normalized spacial score (nSPS) is 10.4. The molecule has 0 aliphatic rings. The summed E-state index contributed by atoms with van der Waals surface area (Å²) in [7, 11) is 1.62. The van der Waals surface area contributed by atoms with Gasteiger partial charge < -0.3 is 9.47 Å². The second-order valence-corrected chi connectivity index (χ2v) is 3.70. The molecule has 0 heterocycles. The van der Waals surface area contributed by atoms with E-state index < -0.39 is 0 Å². The highest BCUT2D eigenvalue weighted by molar-refractivity contribution is 9.10. The first-order valence-corrected chi connectivity index (χ1v) is 4.85. The molecule has 72 valence electrons. The lowest BCUT2D eigenvalue weighted by molar-refractivity contribution is -0.0392. The van der Waals surface area contributed by atoms with E-state index >= 15 is 0 Å². The molecule has 0 aliphatic carbocycles. The molecule has 0 aliphatic heterocycles. The lowest BCUT2D eigenvalue weighted by atomic mass is 10.1. The van der Waals surface area contributed by atoms with Crippen molar-refractivity contribution in [3.63, 3.8) is 0 Å². The molecule has 0 saturated heterocycles. The van der Waals surface area contributed by atoms with Crippen LogP contribution >= 0.6 is 15.9 Å². The Morgan fingerprint density at radius 3 is 2.85 bits per heavy atom. The highest BCUT2D eigenvalue weighted by atomic mass is 79.9. The highest BCUT2D eigenvalue weighted by Gasteiger charge is 1.99. The molecule has 0 spiro atoms. The van der Waals surface area contributed by atoms with Crippen LogP contribution in [-0.2, 0) is 16.1 Å². The van der Waals surface area contributed by atoms with Crippen molar-refractivity contribution in [1.82, 2.24) is 0 Å². The van der Waals surface area contributed by atoms with Gasteiger partial charge in [0.15, 0.2) is 0 Å². The largest absolute Gasteiger partial charge is 0.359 e. The third kappa shape index (κ3) is 3.46. The minimum Gasteiger partial charge on any atom is -0.359 e. The fraction of sp³-hybridized carbons (Fsp3) is 0.400. The summed E-state index contributed by atoms with van der Waals surface area (Å²) in [5.41, 5.74) is 2.39. The maximum atomic E-state index is 5.25. The van der Waals surface area contributed by atoms with E-state index in [9.17, 15) is 0 Å². The number of ether oxygens (including phenoxy) is 2. The molecule has 3 heteroatoms. The third-order valence-corrected chi connectivity index (χ3v) is 2.43. The first-order valence-electron chi connectivity index (χ1n) is 4.05. The van der Waals surface area contributed by atoms with Crippen molar-refractivity contribution in [2.24, 2.45) is 0 Å². The van der Waals surface area contributed by atoms with E-state index in [1.54, 1.807) is 7.11 Å². The number of rotatable bonds is 4. The van der Waals surface area contributed by atoms with Crippen LogP contribution in [0.3, 0.4) is 0 Å². The van der Waals surface area contributed by atoms with Crippen LogP contribution in [0.1, 0.15) is 11.1 Å². The van der Waals surface area contributed by atoms with Crippen LogP contribution in [0.4, 0.5) is 0 Å². The third-order valence-electron chi connectivity index (χ3n) is 1.66. The van der Waals surface area contributed by atoms with Gasteiger partial charge in [-0.05, 0) is 18.6 Å². The molecule has 0 N–H and O–H groups in total. The van der Waals surface area contributed by atoms with E-state index in [2.05, 4.69) is 35.0 Å². The van der Waals surface area contributed by atoms with Gasteiger partial charge >= 0.3 is 0 Å². The highest BCUT2D eigenvalue weighted by Crippen LogP contribution is 2.18. The average Bonchev–Trinajstić information content (AvgIpc) is 2.11. The number of hydrogen-bond donors (Lipinski definition) is 0. The van der Waals surface area contributed by atoms with Crippen LogP contribution < -0.4 is 0 Å². The second kappa shape index (κ2) is 5.37. The van der Waals surface area contributed by atoms with Gasteiger partial charge in [-0.1, -0.05) is 33.6 Å².